The summed E-state index contributed by atoms with van der Waals surface area (Å²) in [5, 5.41) is 3.02. The first kappa shape index (κ1) is 68.2. The van der Waals surface area contributed by atoms with Crippen molar-refractivity contribution in [2.45, 2.75) is 296 Å². The summed E-state index contributed by atoms with van der Waals surface area (Å²) in [6, 6.07) is -0.891. The highest BCUT2D eigenvalue weighted by Gasteiger charge is 2.27. The van der Waals surface area contributed by atoms with Crippen LogP contribution in [0.1, 0.15) is 284 Å². The van der Waals surface area contributed by atoms with Crippen LogP contribution in [0.3, 0.4) is 0 Å². The maximum Gasteiger partial charge on any atom is 0.306 e. The van der Waals surface area contributed by atoms with E-state index in [1.54, 1.807) is 0 Å². The van der Waals surface area contributed by atoms with Crippen LogP contribution < -0.4 is 10.2 Å². The van der Waals surface area contributed by atoms with Gasteiger partial charge >= 0.3 is 5.97 Å². The topological polar surface area (TPSA) is 114 Å². The van der Waals surface area contributed by atoms with Crippen molar-refractivity contribution in [3.8, 4) is 0 Å². The molecule has 0 fully saturated rings. The van der Waals surface area contributed by atoms with Crippen LogP contribution >= 0.6 is 7.82 Å². The summed E-state index contributed by atoms with van der Waals surface area (Å²) >= 11 is 0. The molecule has 9 nitrogen and oxygen atoms in total. The Morgan fingerprint density at radius 3 is 1.23 bits per heavy atom. The molecule has 0 saturated carbocycles. The van der Waals surface area contributed by atoms with Gasteiger partial charge in [0.15, 0.2) is 0 Å². The Morgan fingerprint density at radius 1 is 0.486 bits per heavy atom. The van der Waals surface area contributed by atoms with Crippen molar-refractivity contribution in [3.63, 3.8) is 0 Å². The van der Waals surface area contributed by atoms with Gasteiger partial charge in [0, 0.05) is 12.8 Å². The van der Waals surface area contributed by atoms with E-state index in [1.165, 1.54) is 180 Å². The lowest BCUT2D eigenvalue weighted by Gasteiger charge is -2.30. The SMILES string of the molecule is CCCCCCCC/C=C\CCCCCC(=O)OC(/C=C\CCCCCCCCCCCC)C(COP(=O)([O-])OCC[N+](C)(C)C)NC(=O)CCCCCCCCCCC/C=C/CCCCCCCC. The minimum Gasteiger partial charge on any atom is -0.756 e. The van der Waals surface area contributed by atoms with Crippen molar-refractivity contribution in [2.24, 2.45) is 0 Å². The molecule has 0 heterocycles. The van der Waals surface area contributed by atoms with Gasteiger partial charge < -0.3 is 28.5 Å². The van der Waals surface area contributed by atoms with Gasteiger partial charge in [0.1, 0.15) is 19.3 Å². The fourth-order valence-corrected chi connectivity index (χ4v) is 9.35. The predicted octanol–water partition coefficient (Wildman–Crippen LogP) is 17.3. The molecule has 0 aliphatic rings. The van der Waals surface area contributed by atoms with Crippen molar-refractivity contribution in [3.05, 3.63) is 36.5 Å². The van der Waals surface area contributed by atoms with E-state index in [4.69, 9.17) is 13.8 Å². The van der Waals surface area contributed by atoms with Gasteiger partial charge in [-0.25, -0.2) is 0 Å². The van der Waals surface area contributed by atoms with Crippen LogP contribution in [0.15, 0.2) is 36.5 Å². The van der Waals surface area contributed by atoms with E-state index in [1.807, 2.05) is 33.3 Å². The third-order valence-corrected chi connectivity index (χ3v) is 14.3. The summed E-state index contributed by atoms with van der Waals surface area (Å²) in [7, 11) is 1.18. The molecule has 412 valence electrons. The number of amides is 1. The number of ether oxygens (including phenoxy) is 1. The number of quaternary nitrogens is 1. The number of carbonyl (C=O) groups is 2. The number of phosphoric ester groups is 1. The van der Waals surface area contributed by atoms with Crippen LogP contribution in [0.4, 0.5) is 0 Å². The standard InChI is InChI=1S/C60H115N2O7P/c1-7-10-13-16-19-22-25-28-29-30-31-32-33-35-37-40-43-46-49-52-59(63)61-57(56-68-70(65,66)67-55-54-62(4,5)6)58(51-48-45-42-39-36-27-24-21-18-15-12-9-3)69-60(64)53-50-47-44-41-38-34-26-23-20-17-14-11-8-2/h28-29,34,38,48,51,57-58H,7-27,30-33,35-37,39-47,49-50,52-56H2,1-6H3,(H-,61,63,65,66)/b29-28+,38-34-,51-48-. The zero-order valence-electron chi connectivity index (χ0n) is 47.0. The lowest BCUT2D eigenvalue weighted by Crippen LogP contribution is -2.47. The molecule has 1 amide bonds. The zero-order valence-corrected chi connectivity index (χ0v) is 47.9. The van der Waals surface area contributed by atoms with Gasteiger partial charge in [0.05, 0.1) is 33.8 Å². The highest BCUT2D eigenvalue weighted by Crippen LogP contribution is 2.38. The second kappa shape index (κ2) is 50.7. The van der Waals surface area contributed by atoms with Gasteiger partial charge in [-0.2, -0.15) is 0 Å². The van der Waals surface area contributed by atoms with Crippen LogP contribution in [0, 0.1) is 0 Å². The molecular weight excluding hydrogens is 892 g/mol. The molecule has 0 spiro atoms. The van der Waals surface area contributed by atoms with Crippen LogP contribution in [0.25, 0.3) is 0 Å². The molecule has 3 atom stereocenters. The normalized spacial score (nSPS) is 14.0. The Morgan fingerprint density at radius 2 is 0.829 bits per heavy atom. The van der Waals surface area contributed by atoms with Crippen LogP contribution in [-0.4, -0.2) is 69.4 Å². The predicted molar refractivity (Wildman–Crippen MR) is 298 cm³/mol. The Balaban J connectivity index is 5.28. The Hall–Kier alpha value is -1.77. The van der Waals surface area contributed by atoms with Crippen LogP contribution in [0.2, 0.25) is 0 Å². The molecule has 0 radical (unpaired) electrons. The smallest absolute Gasteiger partial charge is 0.306 e. The van der Waals surface area contributed by atoms with Gasteiger partial charge in [0.2, 0.25) is 5.91 Å². The first-order valence-corrected chi connectivity index (χ1v) is 31.3. The maximum atomic E-state index is 13.5. The second-order valence-electron chi connectivity index (χ2n) is 21.5. The van der Waals surface area contributed by atoms with Crippen LogP contribution in [0.5, 0.6) is 0 Å². The highest BCUT2D eigenvalue weighted by molar-refractivity contribution is 7.45. The number of allylic oxidation sites excluding steroid dienone is 5. The molecule has 70 heavy (non-hydrogen) atoms. The number of nitrogens with zero attached hydrogens (tertiary/aromatic N) is 1. The van der Waals surface area contributed by atoms with Gasteiger partial charge in [-0.1, -0.05) is 225 Å². The second-order valence-corrected chi connectivity index (χ2v) is 22.9. The molecule has 1 N–H and O–H groups in total. The average molecular weight is 1010 g/mol. The third kappa shape index (κ3) is 51.1. The first-order valence-electron chi connectivity index (χ1n) is 29.8. The molecule has 0 aromatic heterocycles. The van der Waals surface area contributed by atoms with E-state index in [-0.39, 0.29) is 24.9 Å². The van der Waals surface area contributed by atoms with E-state index in [0.29, 0.717) is 23.9 Å². The van der Waals surface area contributed by atoms with Crippen molar-refractivity contribution in [1.82, 2.24) is 5.32 Å². The Kier molecular flexibility index (Phi) is 49.5. The number of hydrogen-bond donors (Lipinski definition) is 1. The quantitative estimate of drug-likeness (QED) is 0.0212. The van der Waals surface area contributed by atoms with E-state index < -0.39 is 26.6 Å². The largest absolute Gasteiger partial charge is 0.756 e. The highest BCUT2D eigenvalue weighted by atomic mass is 31.2. The summed E-state index contributed by atoms with van der Waals surface area (Å²) in [5.74, 6) is -0.554. The molecule has 0 rings (SSSR count). The lowest BCUT2D eigenvalue weighted by atomic mass is 10.0. The van der Waals surface area contributed by atoms with Gasteiger partial charge in [0.25, 0.3) is 7.82 Å². The Bertz CT molecular complexity index is 1300. The van der Waals surface area contributed by atoms with Crippen molar-refractivity contribution in [1.29, 1.82) is 0 Å². The fourth-order valence-electron chi connectivity index (χ4n) is 8.63. The van der Waals surface area contributed by atoms with Crippen molar-refractivity contribution in [2.75, 3.05) is 40.9 Å². The number of nitrogens with one attached hydrogen (secondary N) is 1. The minimum atomic E-state index is -4.69. The van der Waals surface area contributed by atoms with Crippen LogP contribution in [-0.2, 0) is 27.9 Å². The molecule has 0 saturated heterocycles. The number of likely N-dealkylation sites (N-methyl/N-ethyl adjacent to an activating group) is 1. The maximum absolute atomic E-state index is 13.5. The number of phosphoric acid groups is 1. The summed E-state index contributed by atoms with van der Waals surface area (Å²) in [4.78, 5) is 39.9. The molecule has 10 heteroatoms. The van der Waals surface area contributed by atoms with E-state index in [9.17, 15) is 19.0 Å². The van der Waals surface area contributed by atoms with E-state index in [2.05, 4.69) is 50.4 Å². The molecule has 0 aliphatic carbocycles. The molecule has 3 unspecified atom stereocenters. The lowest BCUT2D eigenvalue weighted by molar-refractivity contribution is -0.870. The number of carbonyl (C=O) groups excluding carboxylic acids is 2. The number of rotatable bonds is 54. The first-order chi connectivity index (χ1) is 33.9. The number of esters is 1. The summed E-state index contributed by atoms with van der Waals surface area (Å²) in [6.07, 6.45) is 59.6. The molecule has 0 aromatic rings. The minimum absolute atomic E-state index is 0.0234. The molecule has 0 bridgehead atoms. The van der Waals surface area contributed by atoms with Crippen molar-refractivity contribution >= 4 is 19.7 Å². The van der Waals surface area contributed by atoms with E-state index in [0.717, 1.165) is 64.2 Å². The number of unbranched alkanes of at least 4 members (excludes halogenated alkanes) is 34. The van der Waals surface area contributed by atoms with E-state index >= 15 is 0 Å². The van der Waals surface area contributed by atoms with Gasteiger partial charge in [-0.3, -0.25) is 14.2 Å². The molecule has 0 aromatic carbocycles. The zero-order chi connectivity index (χ0) is 51.5. The van der Waals surface area contributed by atoms with Gasteiger partial charge in [-0.15, -0.1) is 0 Å². The number of hydrogen-bond acceptors (Lipinski definition) is 7. The van der Waals surface area contributed by atoms with Crippen molar-refractivity contribution < 1.29 is 37.3 Å². The summed E-state index contributed by atoms with van der Waals surface area (Å²) in [5.41, 5.74) is 0. The Labute approximate surface area is 434 Å². The summed E-state index contributed by atoms with van der Waals surface area (Å²) in [6.45, 7) is 6.84. The summed E-state index contributed by atoms with van der Waals surface area (Å²) < 4.78 is 30.2. The molecular formula is C60H115N2O7P. The monoisotopic (exact) mass is 1010 g/mol. The third-order valence-electron chi connectivity index (χ3n) is 13.3. The average Bonchev–Trinajstić information content (AvgIpc) is 3.32. The van der Waals surface area contributed by atoms with Gasteiger partial charge in [-0.05, 0) is 83.1 Å². The molecule has 0 aliphatic heterocycles. The fraction of sp³-hybridized carbons (Fsp3) is 0.867.